The van der Waals surface area contributed by atoms with Crippen LogP contribution in [-0.2, 0) is 6.42 Å². The zero-order valence-corrected chi connectivity index (χ0v) is 17.3. The van der Waals surface area contributed by atoms with Gasteiger partial charge in [0.05, 0.1) is 18.6 Å². The highest BCUT2D eigenvalue weighted by Gasteiger charge is 2.60. The molecule has 1 aromatic carbocycles. The summed E-state index contributed by atoms with van der Waals surface area (Å²) in [6.07, 6.45) is 8.08. The topological polar surface area (TPSA) is 32.8 Å². The molecule has 4 nitrogen and oxygen atoms in total. The van der Waals surface area contributed by atoms with Crippen molar-refractivity contribution in [2.24, 2.45) is 0 Å². The van der Waals surface area contributed by atoms with Crippen LogP contribution in [0.1, 0.15) is 69.5 Å². The van der Waals surface area contributed by atoms with Crippen molar-refractivity contribution in [1.29, 1.82) is 0 Å². The number of hydrogen-bond acceptors (Lipinski definition) is 4. The maximum atomic E-state index is 14.7. The molecule has 0 bridgehead atoms. The van der Waals surface area contributed by atoms with Gasteiger partial charge in [-0.15, -0.1) is 9.34 Å². The third-order valence-corrected chi connectivity index (χ3v) is 9.89. The molecule has 0 aromatic heterocycles. The second kappa shape index (κ2) is 7.85. The Labute approximate surface area is 159 Å². The fraction of sp³-hybridized carbons (Fsp3) is 0.714. The number of aryl methyl sites for hydroxylation is 1. The molecule has 3 atom stereocenters. The van der Waals surface area contributed by atoms with Crippen LogP contribution in [0.4, 0.5) is 0 Å². The molecule has 2 saturated heterocycles. The molecule has 2 aliphatic heterocycles. The summed E-state index contributed by atoms with van der Waals surface area (Å²) < 4.78 is 7.23. The highest BCUT2D eigenvalue weighted by atomic mass is 31.2. The molecule has 4 rings (SSSR count). The van der Waals surface area contributed by atoms with Crippen LogP contribution in [-0.4, -0.2) is 46.2 Å². The Bertz CT molecular complexity index is 621. The summed E-state index contributed by atoms with van der Waals surface area (Å²) in [6, 6.07) is 9.70. The lowest BCUT2D eigenvalue weighted by atomic mass is 9.87. The van der Waals surface area contributed by atoms with Gasteiger partial charge in [0.15, 0.2) is 7.94 Å². The molecule has 3 aliphatic rings. The molecule has 1 aliphatic carbocycles. The maximum Gasteiger partial charge on any atom is 0.186 e. The number of hydrogen-bond donors (Lipinski definition) is 0. The minimum atomic E-state index is -2.65. The van der Waals surface area contributed by atoms with Gasteiger partial charge in [-0.3, -0.25) is 0 Å². The number of nitrogens with zero attached hydrogens (tertiary/aromatic N) is 3. The van der Waals surface area contributed by atoms with E-state index in [2.05, 4.69) is 52.1 Å². The third-order valence-electron chi connectivity index (χ3n) is 6.44. The first-order chi connectivity index (χ1) is 12.7. The molecule has 0 N–H and O–H groups in total. The predicted molar refractivity (Wildman–Crippen MR) is 108 cm³/mol. The molecule has 2 heterocycles. The average molecular weight is 375 g/mol. The van der Waals surface area contributed by atoms with Crippen molar-refractivity contribution in [3.8, 4) is 0 Å². The predicted octanol–water partition coefficient (Wildman–Crippen LogP) is 4.00. The molecular weight excluding hydrogens is 341 g/mol. The van der Waals surface area contributed by atoms with Crippen molar-refractivity contribution < 1.29 is 4.89 Å². The first kappa shape index (κ1) is 18.8. The number of fused-ring (bicyclic) bond motifs is 2. The maximum absolute atomic E-state index is 14.7. The Morgan fingerprint density at radius 3 is 2.62 bits per heavy atom. The van der Waals surface area contributed by atoms with Gasteiger partial charge in [0.25, 0.3) is 0 Å². The van der Waals surface area contributed by atoms with Gasteiger partial charge in [-0.2, -0.15) is 4.67 Å². The van der Waals surface area contributed by atoms with Crippen molar-refractivity contribution in [3.05, 3.63) is 35.4 Å². The van der Waals surface area contributed by atoms with Crippen LogP contribution in [0.5, 0.6) is 0 Å². The van der Waals surface area contributed by atoms with Gasteiger partial charge in [-0.05, 0) is 56.1 Å². The van der Waals surface area contributed by atoms with E-state index in [4.69, 9.17) is 0 Å². The molecule has 0 spiro atoms. The zero-order chi connectivity index (χ0) is 18.1. The van der Waals surface area contributed by atoms with E-state index in [1.165, 1.54) is 36.8 Å². The first-order valence-electron chi connectivity index (χ1n) is 10.7. The van der Waals surface area contributed by atoms with E-state index in [0.29, 0.717) is 12.1 Å². The fourth-order valence-electron chi connectivity index (χ4n) is 5.38. The van der Waals surface area contributed by atoms with Crippen LogP contribution in [0.2, 0.25) is 0 Å². The second-order valence-corrected chi connectivity index (χ2v) is 10.8. The quantitative estimate of drug-likeness (QED) is 0.704. The van der Waals surface area contributed by atoms with Gasteiger partial charge >= 0.3 is 0 Å². The Balaban J connectivity index is 1.72. The zero-order valence-electron chi connectivity index (χ0n) is 16.4. The summed E-state index contributed by atoms with van der Waals surface area (Å²) in [5.74, 6) is 0. The molecular formula is C21H34N3OP. The second-order valence-electron chi connectivity index (χ2n) is 8.15. The van der Waals surface area contributed by atoms with E-state index < -0.39 is 7.94 Å². The van der Waals surface area contributed by atoms with E-state index in [1.807, 2.05) is 0 Å². The van der Waals surface area contributed by atoms with Crippen molar-refractivity contribution in [2.75, 3.05) is 26.2 Å². The van der Waals surface area contributed by atoms with Crippen LogP contribution in [0.25, 0.3) is 0 Å². The molecule has 0 radical (unpaired) electrons. The molecule has 0 saturated carbocycles. The molecule has 144 valence electrons. The largest absolute Gasteiger partial charge is 0.636 e. The molecule has 1 unspecified atom stereocenters. The van der Waals surface area contributed by atoms with E-state index in [9.17, 15) is 4.89 Å². The lowest BCUT2D eigenvalue weighted by molar-refractivity contribution is -0.206. The van der Waals surface area contributed by atoms with Gasteiger partial charge in [-0.1, -0.05) is 38.1 Å². The minimum absolute atomic E-state index is 0.326. The van der Waals surface area contributed by atoms with Gasteiger partial charge in [0.2, 0.25) is 0 Å². The van der Waals surface area contributed by atoms with E-state index >= 15 is 0 Å². The van der Waals surface area contributed by atoms with Crippen molar-refractivity contribution in [1.82, 2.24) is 14.0 Å². The van der Waals surface area contributed by atoms with Crippen molar-refractivity contribution in [2.45, 2.75) is 70.9 Å². The van der Waals surface area contributed by atoms with Crippen LogP contribution in [0.3, 0.4) is 0 Å². The normalized spacial score (nSPS) is 32.2. The summed E-state index contributed by atoms with van der Waals surface area (Å²) in [5.41, 5.74) is 2.91. The molecule has 1 aromatic rings. The highest BCUT2D eigenvalue weighted by Crippen LogP contribution is 2.70. The summed E-state index contributed by atoms with van der Waals surface area (Å²) >= 11 is 0. The monoisotopic (exact) mass is 375 g/mol. The highest BCUT2D eigenvalue weighted by molar-refractivity contribution is 7.62. The molecule has 2 fully saturated rings. The summed E-state index contributed by atoms with van der Waals surface area (Å²) in [4.78, 5) is 14.7. The first-order valence-corrected chi connectivity index (χ1v) is 12.2. The van der Waals surface area contributed by atoms with Gasteiger partial charge < -0.3 is 4.89 Å². The number of benzene rings is 1. The van der Waals surface area contributed by atoms with Gasteiger partial charge in [0.1, 0.15) is 0 Å². The average Bonchev–Trinajstić information content (AvgIpc) is 3.23. The van der Waals surface area contributed by atoms with E-state index in [-0.39, 0.29) is 0 Å². The van der Waals surface area contributed by atoms with E-state index in [0.717, 1.165) is 45.4 Å². The number of rotatable bonds is 6. The van der Waals surface area contributed by atoms with Crippen LogP contribution < -0.4 is 4.89 Å². The summed E-state index contributed by atoms with van der Waals surface area (Å²) in [6.45, 7) is 8.31. The van der Waals surface area contributed by atoms with Crippen LogP contribution in [0.15, 0.2) is 24.3 Å². The van der Waals surface area contributed by atoms with Crippen LogP contribution in [0, 0.1) is 0 Å². The van der Waals surface area contributed by atoms with Gasteiger partial charge in [0, 0.05) is 19.6 Å². The van der Waals surface area contributed by atoms with Crippen molar-refractivity contribution >= 4 is 7.94 Å². The SMILES string of the molecule is CCCN(CCC)[P+]1([O-])N2CCC[C@H]2CN1[C@H]1CCCc2ccccc21. The standard InChI is InChI=1S/C21H34N3OP/c1-3-14-22(15-4-2)26(25)23-16-8-11-19(23)17-24(26)21-13-7-10-18-9-5-6-12-20(18)21/h5-6,9,12,19,21H,3-4,7-8,10-11,13-17H2,1-2H3/t19-,21-,26?/m0/s1. The summed E-state index contributed by atoms with van der Waals surface area (Å²) in [7, 11) is -2.65. The minimum Gasteiger partial charge on any atom is -0.636 e. The Kier molecular flexibility index (Phi) is 5.69. The lowest BCUT2D eigenvalue weighted by Crippen LogP contribution is -2.47. The molecule has 26 heavy (non-hydrogen) atoms. The molecule has 0 amide bonds. The van der Waals surface area contributed by atoms with Crippen molar-refractivity contribution in [3.63, 3.8) is 0 Å². The Hall–Kier alpha value is -0.510. The summed E-state index contributed by atoms with van der Waals surface area (Å²) in [5, 5.41) is 0. The van der Waals surface area contributed by atoms with Crippen LogP contribution >= 0.6 is 7.94 Å². The molecule has 5 heteroatoms. The van der Waals surface area contributed by atoms with Gasteiger partial charge in [-0.25, -0.2) is 0 Å². The lowest BCUT2D eigenvalue weighted by Gasteiger charge is -2.48. The fourth-order valence-corrected chi connectivity index (χ4v) is 9.27. The Morgan fingerprint density at radius 1 is 1.08 bits per heavy atom. The smallest absolute Gasteiger partial charge is 0.186 e. The third kappa shape index (κ3) is 3.04. The Morgan fingerprint density at radius 2 is 1.85 bits per heavy atom. The van der Waals surface area contributed by atoms with E-state index in [1.54, 1.807) is 0 Å².